The first kappa shape index (κ1) is 15.9. The van der Waals surface area contributed by atoms with Gasteiger partial charge in [-0.25, -0.2) is 8.42 Å². The highest BCUT2D eigenvalue weighted by Crippen LogP contribution is 2.24. The summed E-state index contributed by atoms with van der Waals surface area (Å²) in [7, 11) is -3.77. The topological polar surface area (TPSA) is 87.5 Å². The Morgan fingerprint density at radius 1 is 1.47 bits per heavy atom. The van der Waals surface area contributed by atoms with E-state index in [-0.39, 0.29) is 19.6 Å². The number of carbonyl (C=O) groups excluding carboxylic acids is 1. The van der Waals surface area contributed by atoms with Crippen LogP contribution in [0.3, 0.4) is 0 Å². The van der Waals surface area contributed by atoms with Gasteiger partial charge in [0.05, 0.1) is 12.7 Å². The van der Waals surface area contributed by atoms with Gasteiger partial charge in [-0.15, -0.1) is 0 Å². The highest BCUT2D eigenvalue weighted by atomic mass is 32.2. The van der Waals surface area contributed by atoms with Gasteiger partial charge < -0.3 is 4.74 Å². The molecule has 0 aromatic rings. The molecule has 0 aliphatic carbocycles. The van der Waals surface area contributed by atoms with E-state index in [0.29, 0.717) is 12.8 Å². The Balaban J connectivity index is 3.00. The SMILES string of the molecule is CCOC(=O)C1CCCCN1S(=O)(=O)C(C#N)CC. The van der Waals surface area contributed by atoms with E-state index in [2.05, 4.69) is 0 Å². The Kier molecular flexibility index (Phi) is 5.76. The van der Waals surface area contributed by atoms with Gasteiger partial charge >= 0.3 is 5.97 Å². The molecule has 1 aliphatic rings. The highest BCUT2D eigenvalue weighted by Gasteiger charge is 2.41. The fourth-order valence-electron chi connectivity index (χ4n) is 2.22. The van der Waals surface area contributed by atoms with Crippen molar-refractivity contribution in [2.24, 2.45) is 0 Å². The number of esters is 1. The van der Waals surface area contributed by atoms with Crippen molar-refractivity contribution in [3.8, 4) is 6.07 Å². The lowest BCUT2D eigenvalue weighted by molar-refractivity contribution is -0.148. The zero-order valence-electron chi connectivity index (χ0n) is 11.3. The van der Waals surface area contributed by atoms with Crippen LogP contribution in [0.15, 0.2) is 0 Å². The summed E-state index contributed by atoms with van der Waals surface area (Å²) in [6.07, 6.45) is 2.17. The summed E-state index contributed by atoms with van der Waals surface area (Å²) < 4.78 is 30.8. The largest absolute Gasteiger partial charge is 0.465 e. The molecule has 19 heavy (non-hydrogen) atoms. The van der Waals surface area contributed by atoms with Crippen LogP contribution < -0.4 is 0 Å². The van der Waals surface area contributed by atoms with Crippen LogP contribution in [0.2, 0.25) is 0 Å². The molecule has 0 aromatic carbocycles. The molecule has 0 radical (unpaired) electrons. The van der Waals surface area contributed by atoms with Gasteiger partial charge in [0.15, 0.2) is 5.25 Å². The minimum atomic E-state index is -3.77. The number of ether oxygens (including phenoxy) is 1. The van der Waals surface area contributed by atoms with E-state index in [1.54, 1.807) is 19.9 Å². The van der Waals surface area contributed by atoms with E-state index >= 15 is 0 Å². The van der Waals surface area contributed by atoms with E-state index in [4.69, 9.17) is 10.00 Å². The number of nitrogens with zero attached hydrogens (tertiary/aromatic N) is 2. The molecule has 108 valence electrons. The molecule has 1 fully saturated rings. The fourth-order valence-corrected chi connectivity index (χ4v) is 4.03. The predicted molar refractivity (Wildman–Crippen MR) is 69.6 cm³/mol. The zero-order chi connectivity index (χ0) is 14.5. The van der Waals surface area contributed by atoms with Crippen molar-refractivity contribution in [3.63, 3.8) is 0 Å². The standard InChI is InChI=1S/C12H20N2O4S/c1-3-10(9-13)19(16,17)14-8-6-5-7-11(14)12(15)18-4-2/h10-11H,3-8H2,1-2H3. The molecule has 2 atom stereocenters. The number of hydrogen-bond acceptors (Lipinski definition) is 5. The van der Waals surface area contributed by atoms with E-state index in [0.717, 1.165) is 10.7 Å². The first-order chi connectivity index (χ1) is 8.98. The van der Waals surface area contributed by atoms with Gasteiger partial charge in [-0.05, 0) is 32.6 Å². The first-order valence-electron chi connectivity index (χ1n) is 6.55. The van der Waals surface area contributed by atoms with Gasteiger partial charge in [0, 0.05) is 6.54 Å². The van der Waals surface area contributed by atoms with Crippen LogP contribution in [0.1, 0.15) is 39.5 Å². The van der Waals surface area contributed by atoms with E-state index in [1.165, 1.54) is 0 Å². The van der Waals surface area contributed by atoms with Crippen molar-refractivity contribution in [1.82, 2.24) is 4.31 Å². The first-order valence-corrected chi connectivity index (χ1v) is 8.06. The second kappa shape index (κ2) is 6.87. The monoisotopic (exact) mass is 288 g/mol. The molecule has 2 unspecified atom stereocenters. The zero-order valence-corrected chi connectivity index (χ0v) is 12.1. The summed E-state index contributed by atoms with van der Waals surface area (Å²) in [5.74, 6) is -0.515. The lowest BCUT2D eigenvalue weighted by Gasteiger charge is -2.33. The minimum absolute atomic E-state index is 0.213. The van der Waals surface area contributed by atoms with Crippen molar-refractivity contribution in [2.45, 2.75) is 50.8 Å². The quantitative estimate of drug-likeness (QED) is 0.705. The smallest absolute Gasteiger partial charge is 0.324 e. The van der Waals surface area contributed by atoms with Crippen molar-refractivity contribution in [2.75, 3.05) is 13.2 Å². The molecule has 1 aliphatic heterocycles. The Labute approximate surface area is 114 Å². The molecule has 0 bridgehead atoms. The lowest BCUT2D eigenvalue weighted by atomic mass is 10.1. The summed E-state index contributed by atoms with van der Waals surface area (Å²) in [4.78, 5) is 11.8. The normalized spacial score (nSPS) is 22.5. The van der Waals surface area contributed by atoms with Gasteiger partial charge in [-0.2, -0.15) is 9.57 Å². The Hall–Kier alpha value is -1.13. The average molecular weight is 288 g/mol. The molecular weight excluding hydrogens is 268 g/mol. The Morgan fingerprint density at radius 2 is 2.16 bits per heavy atom. The lowest BCUT2D eigenvalue weighted by Crippen LogP contribution is -2.51. The maximum atomic E-state index is 12.4. The second-order valence-electron chi connectivity index (χ2n) is 4.45. The minimum Gasteiger partial charge on any atom is -0.465 e. The molecule has 0 N–H and O–H groups in total. The molecular formula is C12H20N2O4S. The maximum Gasteiger partial charge on any atom is 0.324 e. The van der Waals surface area contributed by atoms with Crippen LogP contribution in [-0.2, 0) is 19.6 Å². The summed E-state index contributed by atoms with van der Waals surface area (Å²) in [6.45, 7) is 3.83. The van der Waals surface area contributed by atoms with E-state index < -0.39 is 27.3 Å². The Bertz CT molecular complexity index is 455. The fraction of sp³-hybridized carbons (Fsp3) is 0.833. The van der Waals surface area contributed by atoms with Gasteiger partial charge in [-0.1, -0.05) is 6.92 Å². The van der Waals surface area contributed by atoms with Crippen LogP contribution in [0.25, 0.3) is 0 Å². The third-order valence-corrected chi connectivity index (χ3v) is 5.46. The number of hydrogen-bond donors (Lipinski definition) is 0. The third-order valence-electron chi connectivity index (χ3n) is 3.21. The van der Waals surface area contributed by atoms with Crippen LogP contribution in [0.5, 0.6) is 0 Å². The molecule has 1 saturated heterocycles. The van der Waals surface area contributed by atoms with Crippen molar-refractivity contribution in [1.29, 1.82) is 5.26 Å². The van der Waals surface area contributed by atoms with Crippen LogP contribution in [0, 0.1) is 11.3 Å². The molecule has 1 heterocycles. The molecule has 1 rings (SSSR count). The summed E-state index contributed by atoms with van der Waals surface area (Å²) in [6, 6.07) is 1.02. The molecule has 0 amide bonds. The number of sulfonamides is 1. The number of nitriles is 1. The number of carbonyl (C=O) groups is 1. The Morgan fingerprint density at radius 3 is 2.68 bits per heavy atom. The van der Waals surface area contributed by atoms with Gasteiger partial charge in [0.1, 0.15) is 6.04 Å². The number of rotatable bonds is 5. The van der Waals surface area contributed by atoms with E-state index in [1.807, 2.05) is 0 Å². The van der Waals surface area contributed by atoms with Crippen molar-refractivity contribution >= 4 is 16.0 Å². The third kappa shape index (κ3) is 3.45. The van der Waals surface area contributed by atoms with Crippen molar-refractivity contribution < 1.29 is 17.9 Å². The summed E-state index contributed by atoms with van der Waals surface area (Å²) in [5, 5.41) is 7.85. The summed E-state index contributed by atoms with van der Waals surface area (Å²) >= 11 is 0. The number of piperidine rings is 1. The van der Waals surface area contributed by atoms with Crippen LogP contribution >= 0.6 is 0 Å². The predicted octanol–water partition coefficient (Wildman–Crippen LogP) is 1.04. The maximum absolute atomic E-state index is 12.4. The summed E-state index contributed by atoms with van der Waals surface area (Å²) in [5.41, 5.74) is 0. The van der Waals surface area contributed by atoms with Gasteiger partial charge in [0.25, 0.3) is 0 Å². The molecule has 0 saturated carbocycles. The molecule has 0 aromatic heterocycles. The average Bonchev–Trinajstić information content (AvgIpc) is 2.40. The van der Waals surface area contributed by atoms with Crippen molar-refractivity contribution in [3.05, 3.63) is 0 Å². The van der Waals surface area contributed by atoms with Gasteiger partial charge in [0.2, 0.25) is 10.0 Å². The van der Waals surface area contributed by atoms with Crippen LogP contribution in [0.4, 0.5) is 0 Å². The van der Waals surface area contributed by atoms with Gasteiger partial charge in [-0.3, -0.25) is 4.79 Å². The molecule has 0 spiro atoms. The molecule has 7 heteroatoms. The van der Waals surface area contributed by atoms with E-state index in [9.17, 15) is 13.2 Å². The highest BCUT2D eigenvalue weighted by molar-refractivity contribution is 7.90. The molecule has 6 nitrogen and oxygen atoms in total. The van der Waals surface area contributed by atoms with Crippen LogP contribution in [-0.4, -0.2) is 43.1 Å². The second-order valence-corrected chi connectivity index (χ2v) is 6.51.